The van der Waals surface area contributed by atoms with Crippen molar-refractivity contribution in [2.45, 2.75) is 18.7 Å². The summed E-state index contributed by atoms with van der Waals surface area (Å²) in [5.41, 5.74) is 9.41. The van der Waals surface area contributed by atoms with Crippen molar-refractivity contribution in [2.75, 3.05) is 10.5 Å². The lowest BCUT2D eigenvalue weighted by atomic mass is 10.1. The van der Waals surface area contributed by atoms with E-state index in [1.165, 1.54) is 18.3 Å². The van der Waals surface area contributed by atoms with Gasteiger partial charge in [-0.05, 0) is 43.7 Å². The molecule has 8 nitrogen and oxygen atoms in total. The molecule has 4 aromatic rings. The first-order valence-corrected chi connectivity index (χ1v) is 10.6. The number of hydrogen-bond donors (Lipinski definition) is 3. The molecule has 2 aromatic carbocycles. The Balaban J connectivity index is 1.65. The average Bonchev–Trinajstić information content (AvgIpc) is 3.21. The van der Waals surface area contributed by atoms with Crippen LogP contribution in [0.15, 0.2) is 70.2 Å². The van der Waals surface area contributed by atoms with Crippen LogP contribution < -0.4 is 10.5 Å². The molecular weight excluding hydrogens is 404 g/mol. The largest absolute Gasteiger partial charge is 0.506 e. The van der Waals surface area contributed by atoms with Crippen molar-refractivity contribution in [3.63, 3.8) is 0 Å². The van der Waals surface area contributed by atoms with Crippen molar-refractivity contribution >= 4 is 21.7 Å². The summed E-state index contributed by atoms with van der Waals surface area (Å²) >= 11 is 0. The van der Waals surface area contributed by atoms with Crippen LogP contribution in [0.25, 0.3) is 16.8 Å². The minimum Gasteiger partial charge on any atom is -0.506 e. The minimum atomic E-state index is -3.85. The third-order valence-corrected chi connectivity index (χ3v) is 6.24. The van der Waals surface area contributed by atoms with Crippen molar-refractivity contribution in [3.05, 3.63) is 72.1 Å². The molecule has 0 aliphatic rings. The van der Waals surface area contributed by atoms with Gasteiger partial charge in [-0.2, -0.15) is 0 Å². The zero-order chi connectivity index (χ0) is 21.5. The van der Waals surface area contributed by atoms with Gasteiger partial charge in [0.25, 0.3) is 10.0 Å². The van der Waals surface area contributed by atoms with Crippen LogP contribution in [-0.2, 0) is 10.0 Å². The molecule has 0 radical (unpaired) electrons. The molecule has 0 saturated carbocycles. The van der Waals surface area contributed by atoms with Crippen LogP contribution in [0, 0.1) is 13.8 Å². The van der Waals surface area contributed by atoms with Gasteiger partial charge in [-0.3, -0.25) is 4.57 Å². The Kier molecular flexibility index (Phi) is 4.75. The fourth-order valence-corrected chi connectivity index (χ4v) is 4.15. The van der Waals surface area contributed by atoms with E-state index in [0.29, 0.717) is 28.3 Å². The molecule has 154 valence electrons. The van der Waals surface area contributed by atoms with E-state index in [2.05, 4.69) is 9.88 Å². The first-order valence-electron chi connectivity index (χ1n) is 9.09. The third kappa shape index (κ3) is 3.39. The highest BCUT2D eigenvalue weighted by atomic mass is 32.2. The van der Waals surface area contributed by atoms with Gasteiger partial charge >= 0.3 is 0 Å². The number of aryl methyl sites for hydroxylation is 1. The van der Waals surface area contributed by atoms with E-state index in [0.717, 1.165) is 5.56 Å². The Morgan fingerprint density at radius 3 is 2.33 bits per heavy atom. The number of nitrogens with two attached hydrogens (primary N) is 1. The van der Waals surface area contributed by atoms with Crippen molar-refractivity contribution in [2.24, 2.45) is 0 Å². The molecule has 0 amide bonds. The van der Waals surface area contributed by atoms with E-state index in [1.54, 1.807) is 30.5 Å². The second kappa shape index (κ2) is 7.27. The SMILES string of the molecule is Cc1noc(NS(=O)(=O)c2ccc(-n3cc(O)c(-c4ccccc4)c3N)cc2)c1C. The molecule has 4 rings (SSSR count). The standard InChI is InChI=1S/C21H20N4O4S/c1-13-14(2)23-29-21(13)24-30(27,28)17-10-8-16(9-11-17)25-12-18(26)19(20(25)22)15-6-4-3-5-7-15/h3-12,24,26H,22H2,1-2H3. The highest BCUT2D eigenvalue weighted by molar-refractivity contribution is 7.92. The normalized spacial score (nSPS) is 11.5. The van der Waals surface area contributed by atoms with Crippen molar-refractivity contribution < 1.29 is 18.0 Å². The second-order valence-electron chi connectivity index (χ2n) is 6.83. The summed E-state index contributed by atoms with van der Waals surface area (Å²) in [5, 5.41) is 14.1. The molecule has 0 spiro atoms. The average molecular weight is 424 g/mol. The highest BCUT2D eigenvalue weighted by Gasteiger charge is 2.20. The van der Waals surface area contributed by atoms with Gasteiger partial charge in [0.2, 0.25) is 5.88 Å². The molecule has 0 unspecified atom stereocenters. The highest BCUT2D eigenvalue weighted by Crippen LogP contribution is 2.38. The molecular formula is C21H20N4O4S. The zero-order valence-electron chi connectivity index (χ0n) is 16.3. The Morgan fingerprint density at radius 2 is 1.73 bits per heavy atom. The number of benzene rings is 2. The molecule has 30 heavy (non-hydrogen) atoms. The quantitative estimate of drug-likeness (QED) is 0.447. The molecule has 0 aliphatic heterocycles. The smallest absolute Gasteiger partial charge is 0.264 e. The predicted octanol–water partition coefficient (Wildman–Crippen LogP) is 3.84. The number of anilines is 2. The summed E-state index contributed by atoms with van der Waals surface area (Å²) in [6.45, 7) is 3.45. The number of nitrogens with one attached hydrogen (secondary N) is 1. The minimum absolute atomic E-state index is 0.0354. The Labute approximate surface area is 173 Å². The van der Waals surface area contributed by atoms with E-state index >= 15 is 0 Å². The number of rotatable bonds is 5. The van der Waals surface area contributed by atoms with Gasteiger partial charge in [-0.15, -0.1) is 0 Å². The molecule has 2 aromatic heterocycles. The number of sulfonamides is 1. The maximum Gasteiger partial charge on any atom is 0.264 e. The van der Waals surface area contributed by atoms with Crippen LogP contribution in [0.1, 0.15) is 11.3 Å². The summed E-state index contributed by atoms with van der Waals surface area (Å²) < 4.78 is 34.3. The van der Waals surface area contributed by atoms with Gasteiger partial charge in [-0.25, -0.2) is 13.1 Å². The number of nitrogen functional groups attached to an aromatic ring is 1. The zero-order valence-corrected chi connectivity index (χ0v) is 17.1. The van der Waals surface area contributed by atoms with Gasteiger partial charge in [-0.1, -0.05) is 35.5 Å². The van der Waals surface area contributed by atoms with E-state index in [1.807, 2.05) is 30.3 Å². The molecule has 0 saturated heterocycles. The Hall–Kier alpha value is -3.72. The lowest BCUT2D eigenvalue weighted by Crippen LogP contribution is -2.13. The summed E-state index contributed by atoms with van der Waals surface area (Å²) in [6.07, 6.45) is 1.50. The van der Waals surface area contributed by atoms with Crippen LogP contribution in [0.5, 0.6) is 5.75 Å². The fourth-order valence-electron chi connectivity index (χ4n) is 3.10. The molecule has 4 N–H and O–H groups in total. The maximum atomic E-state index is 12.7. The van der Waals surface area contributed by atoms with Gasteiger partial charge in [0.1, 0.15) is 11.6 Å². The number of aromatic hydroxyl groups is 1. The van der Waals surface area contributed by atoms with E-state index < -0.39 is 10.0 Å². The topological polar surface area (TPSA) is 123 Å². The van der Waals surface area contributed by atoms with Crippen molar-refractivity contribution in [1.29, 1.82) is 0 Å². The van der Waals surface area contributed by atoms with Crippen molar-refractivity contribution in [1.82, 2.24) is 9.72 Å². The number of hydrogen-bond acceptors (Lipinski definition) is 6. The number of aromatic nitrogens is 2. The monoisotopic (exact) mass is 424 g/mol. The Bertz CT molecular complexity index is 1310. The summed E-state index contributed by atoms with van der Waals surface area (Å²) in [5.74, 6) is 0.470. The molecule has 2 heterocycles. The van der Waals surface area contributed by atoms with Crippen LogP contribution in [-0.4, -0.2) is 23.2 Å². The van der Waals surface area contributed by atoms with Crippen LogP contribution in [0.2, 0.25) is 0 Å². The second-order valence-corrected chi connectivity index (χ2v) is 8.51. The third-order valence-electron chi connectivity index (χ3n) is 4.90. The van der Waals surface area contributed by atoms with Crippen molar-refractivity contribution in [3.8, 4) is 22.6 Å². The maximum absolute atomic E-state index is 12.7. The summed E-state index contributed by atoms with van der Waals surface area (Å²) in [4.78, 5) is 0.0536. The van der Waals surface area contributed by atoms with E-state index in [4.69, 9.17) is 10.3 Å². The molecule has 0 bridgehead atoms. The van der Waals surface area contributed by atoms with E-state index in [9.17, 15) is 13.5 Å². The van der Waals surface area contributed by atoms with Crippen LogP contribution in [0.4, 0.5) is 11.7 Å². The molecule has 0 fully saturated rings. The lowest BCUT2D eigenvalue weighted by molar-refractivity contribution is 0.430. The van der Waals surface area contributed by atoms with Gasteiger partial charge in [0.15, 0.2) is 0 Å². The van der Waals surface area contributed by atoms with E-state index in [-0.39, 0.29) is 16.5 Å². The van der Waals surface area contributed by atoms with Gasteiger partial charge in [0.05, 0.1) is 22.3 Å². The summed E-state index contributed by atoms with van der Waals surface area (Å²) in [7, 11) is -3.85. The summed E-state index contributed by atoms with van der Waals surface area (Å²) in [6, 6.07) is 15.4. The van der Waals surface area contributed by atoms with Crippen LogP contribution >= 0.6 is 0 Å². The first-order chi connectivity index (χ1) is 14.3. The van der Waals surface area contributed by atoms with Gasteiger partial charge in [0, 0.05) is 11.3 Å². The van der Waals surface area contributed by atoms with Crippen LogP contribution in [0.3, 0.4) is 0 Å². The lowest BCUT2D eigenvalue weighted by Gasteiger charge is -2.09. The fraction of sp³-hybridized carbons (Fsp3) is 0.0952. The predicted molar refractivity (Wildman–Crippen MR) is 114 cm³/mol. The molecule has 9 heteroatoms. The molecule has 0 aliphatic carbocycles. The Morgan fingerprint density at radius 1 is 1.07 bits per heavy atom. The van der Waals surface area contributed by atoms with Gasteiger partial charge < -0.3 is 15.4 Å². The first kappa shape index (κ1) is 19.6. The molecule has 0 atom stereocenters. The number of nitrogens with zero attached hydrogens (tertiary/aromatic N) is 2.